The first kappa shape index (κ1) is 14.3. The van der Waals surface area contributed by atoms with Gasteiger partial charge < -0.3 is 14.6 Å². The van der Waals surface area contributed by atoms with E-state index in [1.807, 2.05) is 24.3 Å². The van der Waals surface area contributed by atoms with E-state index in [0.29, 0.717) is 6.61 Å². The lowest BCUT2D eigenvalue weighted by atomic mass is 10.3. The number of ether oxygens (including phenoxy) is 1. The van der Waals surface area contributed by atoms with Crippen molar-refractivity contribution < 1.29 is 8.85 Å². The fourth-order valence-electron chi connectivity index (χ4n) is 1.72. The van der Waals surface area contributed by atoms with Crippen LogP contribution in [0.1, 0.15) is 0 Å². The van der Waals surface area contributed by atoms with E-state index in [2.05, 4.69) is 26.2 Å². The molecule has 2 N–H and O–H groups in total. The molecule has 0 heterocycles. The first-order chi connectivity index (χ1) is 7.89. The summed E-state index contributed by atoms with van der Waals surface area (Å²) in [6.45, 7) is 9.65. The van der Waals surface area contributed by atoms with Crippen molar-refractivity contribution in [2.24, 2.45) is 0 Å². The van der Waals surface area contributed by atoms with Crippen LogP contribution in [0.25, 0.3) is 0 Å². The van der Waals surface area contributed by atoms with Gasteiger partial charge in [-0.2, -0.15) is 0 Å². The van der Waals surface area contributed by atoms with Crippen LogP contribution < -0.4 is 10.5 Å². The molecule has 0 bridgehead atoms. The molecule has 0 aliphatic carbocycles. The van der Waals surface area contributed by atoms with Crippen molar-refractivity contribution in [1.82, 2.24) is 0 Å². The highest BCUT2D eigenvalue weighted by molar-refractivity contribution is 6.77. The van der Waals surface area contributed by atoms with E-state index in [-0.39, 0.29) is 0 Å². The summed E-state index contributed by atoms with van der Waals surface area (Å²) < 4.78 is 11.8. The lowest BCUT2D eigenvalue weighted by Crippen LogP contribution is -2.36. The fraction of sp³-hybridized carbons (Fsp3) is 0.500. The monoisotopic (exact) mass is 269 g/mol. The minimum absolute atomic E-state index is 0.712. The van der Waals surface area contributed by atoms with E-state index in [4.69, 9.17) is 14.6 Å². The summed E-state index contributed by atoms with van der Waals surface area (Å²) >= 11 is 0. The van der Waals surface area contributed by atoms with Crippen molar-refractivity contribution in [2.75, 3.05) is 12.3 Å². The van der Waals surface area contributed by atoms with Gasteiger partial charge in [-0.1, -0.05) is 6.07 Å². The number of hydrogen-bond acceptors (Lipinski definition) is 3. The summed E-state index contributed by atoms with van der Waals surface area (Å²) in [6, 6.07) is 8.58. The molecule has 0 saturated heterocycles. The van der Waals surface area contributed by atoms with Crippen LogP contribution in [0.15, 0.2) is 24.3 Å². The minimum Gasteiger partial charge on any atom is -0.494 e. The Bertz CT molecular complexity index is 356. The Morgan fingerprint density at radius 1 is 1.29 bits per heavy atom. The molecule has 0 spiro atoms. The third-order valence-electron chi connectivity index (χ3n) is 2.39. The summed E-state index contributed by atoms with van der Waals surface area (Å²) in [4.78, 5) is 0. The molecule has 1 aromatic carbocycles. The summed E-state index contributed by atoms with van der Waals surface area (Å²) in [5.41, 5.74) is 6.43. The van der Waals surface area contributed by atoms with Crippen LogP contribution in [0.2, 0.25) is 32.2 Å². The largest absolute Gasteiger partial charge is 0.494 e. The van der Waals surface area contributed by atoms with Crippen LogP contribution in [0.4, 0.5) is 5.69 Å². The van der Waals surface area contributed by atoms with Gasteiger partial charge in [-0.3, -0.25) is 0 Å². The molecule has 0 amide bonds. The first-order valence-electron chi connectivity index (χ1n) is 6.05. The van der Waals surface area contributed by atoms with Gasteiger partial charge in [0, 0.05) is 11.8 Å². The number of nitrogens with two attached hydrogens (primary N) is 1. The molecule has 1 rings (SSSR count). The van der Waals surface area contributed by atoms with Gasteiger partial charge in [0.2, 0.25) is 0 Å². The highest BCUT2D eigenvalue weighted by Gasteiger charge is 2.23. The summed E-state index contributed by atoms with van der Waals surface area (Å²) in [7, 11) is -2.46. The number of hydrogen-bond donors (Lipinski definition) is 1. The first-order valence-corrected chi connectivity index (χ1v) is 11.9. The number of rotatable bonds is 6. The van der Waals surface area contributed by atoms with E-state index in [1.54, 1.807) is 0 Å². The van der Waals surface area contributed by atoms with Gasteiger partial charge in [-0.25, -0.2) is 0 Å². The zero-order valence-corrected chi connectivity index (χ0v) is 13.3. The van der Waals surface area contributed by atoms with Gasteiger partial charge in [0.05, 0.1) is 6.61 Å². The third kappa shape index (κ3) is 5.90. The minimum atomic E-state index is -1.53. The van der Waals surface area contributed by atoms with Crippen LogP contribution in [0, 0.1) is 0 Å². The van der Waals surface area contributed by atoms with Crippen LogP contribution in [-0.2, 0) is 4.12 Å². The molecule has 0 aromatic heterocycles. The van der Waals surface area contributed by atoms with Crippen LogP contribution in [0.5, 0.6) is 5.75 Å². The highest BCUT2D eigenvalue weighted by Crippen LogP contribution is 2.17. The topological polar surface area (TPSA) is 44.5 Å². The number of anilines is 1. The van der Waals surface area contributed by atoms with Gasteiger partial charge in [-0.05, 0) is 44.4 Å². The quantitative estimate of drug-likeness (QED) is 0.638. The van der Waals surface area contributed by atoms with Gasteiger partial charge in [0.25, 0.3) is 0 Å². The molecule has 1 aromatic rings. The van der Waals surface area contributed by atoms with Gasteiger partial charge in [-0.15, -0.1) is 0 Å². The standard InChI is InChI=1S/C12H23NO2Si2/c1-16(2)15-17(3,4)9-8-14-12-7-5-6-11(13)10-12/h5-7,10,16H,8-9,13H2,1-4H3. The van der Waals surface area contributed by atoms with Crippen LogP contribution in [0.3, 0.4) is 0 Å². The lowest BCUT2D eigenvalue weighted by molar-refractivity contribution is 0.333. The number of nitrogen functional groups attached to an aromatic ring is 1. The van der Waals surface area contributed by atoms with Crippen molar-refractivity contribution in [2.45, 2.75) is 32.2 Å². The van der Waals surface area contributed by atoms with Crippen LogP contribution >= 0.6 is 0 Å². The average molecular weight is 269 g/mol. The maximum atomic E-state index is 6.07. The molecular weight excluding hydrogens is 246 g/mol. The van der Waals surface area contributed by atoms with E-state index in [0.717, 1.165) is 17.5 Å². The third-order valence-corrected chi connectivity index (χ3v) is 8.23. The molecule has 0 fully saturated rings. The Morgan fingerprint density at radius 2 is 2.00 bits per heavy atom. The van der Waals surface area contributed by atoms with Crippen molar-refractivity contribution >= 4 is 23.0 Å². The molecule has 0 atom stereocenters. The second kappa shape index (κ2) is 6.23. The molecular formula is C12H23NO2Si2. The Hall–Kier alpha value is -0.786. The lowest BCUT2D eigenvalue weighted by Gasteiger charge is -2.25. The predicted molar refractivity (Wildman–Crippen MR) is 78.6 cm³/mol. The van der Waals surface area contributed by atoms with Crippen molar-refractivity contribution in [1.29, 1.82) is 0 Å². The molecule has 17 heavy (non-hydrogen) atoms. The molecule has 0 radical (unpaired) electrons. The summed E-state index contributed by atoms with van der Waals surface area (Å²) in [6.07, 6.45) is 0. The maximum Gasteiger partial charge on any atom is 0.176 e. The predicted octanol–water partition coefficient (Wildman–Crippen LogP) is 2.85. The average Bonchev–Trinajstić information content (AvgIpc) is 2.15. The maximum absolute atomic E-state index is 6.07. The highest BCUT2D eigenvalue weighted by atomic mass is 28.4. The van der Waals surface area contributed by atoms with Gasteiger partial charge in [0.15, 0.2) is 17.4 Å². The Balaban J connectivity index is 2.37. The summed E-state index contributed by atoms with van der Waals surface area (Å²) in [5.74, 6) is 0.844. The van der Waals surface area contributed by atoms with Crippen molar-refractivity contribution in [3.05, 3.63) is 24.3 Å². The number of benzene rings is 1. The van der Waals surface area contributed by atoms with Crippen LogP contribution in [-0.4, -0.2) is 24.0 Å². The Morgan fingerprint density at radius 3 is 2.59 bits per heavy atom. The van der Waals surface area contributed by atoms with E-state index < -0.39 is 17.4 Å². The van der Waals surface area contributed by atoms with Gasteiger partial charge >= 0.3 is 0 Å². The SMILES string of the molecule is C[SiH](C)O[Si](C)(C)CCOc1cccc(N)c1. The van der Waals surface area contributed by atoms with E-state index in [9.17, 15) is 0 Å². The smallest absolute Gasteiger partial charge is 0.176 e. The molecule has 0 aliphatic heterocycles. The molecule has 96 valence electrons. The molecule has 0 aliphatic rings. The zero-order valence-electron chi connectivity index (χ0n) is 11.2. The zero-order chi connectivity index (χ0) is 12.9. The van der Waals surface area contributed by atoms with E-state index >= 15 is 0 Å². The fourth-order valence-corrected chi connectivity index (χ4v) is 7.89. The second-order valence-electron chi connectivity index (χ2n) is 5.10. The normalized spacial score (nSPS) is 11.8. The molecule has 3 nitrogen and oxygen atoms in total. The molecule has 0 saturated carbocycles. The molecule has 5 heteroatoms. The Kier molecular flexibility index (Phi) is 5.23. The summed E-state index contributed by atoms with van der Waals surface area (Å²) in [5, 5.41) is 0. The Labute approximate surface area is 107 Å². The van der Waals surface area contributed by atoms with Crippen molar-refractivity contribution in [3.8, 4) is 5.75 Å². The molecule has 0 unspecified atom stereocenters. The second-order valence-corrected chi connectivity index (χ2v) is 12.2. The van der Waals surface area contributed by atoms with Gasteiger partial charge in [0.1, 0.15) is 5.75 Å². The van der Waals surface area contributed by atoms with E-state index in [1.165, 1.54) is 0 Å². The van der Waals surface area contributed by atoms with Crippen molar-refractivity contribution in [3.63, 3.8) is 0 Å².